The van der Waals surface area contributed by atoms with Crippen LogP contribution in [0.1, 0.15) is 5.69 Å². The van der Waals surface area contributed by atoms with Crippen molar-refractivity contribution in [2.75, 3.05) is 25.7 Å². The lowest BCUT2D eigenvalue weighted by molar-refractivity contribution is 0.172. The summed E-state index contributed by atoms with van der Waals surface area (Å²) in [6.07, 6.45) is 1.53. The quantitative estimate of drug-likeness (QED) is 0.689. The molecular weight excluding hydrogens is 300 g/mol. The number of aromatic nitrogens is 2. The fourth-order valence-corrected chi connectivity index (χ4v) is 2.07. The van der Waals surface area contributed by atoms with Crippen molar-refractivity contribution in [1.82, 2.24) is 14.9 Å². The molecule has 6 nitrogen and oxygen atoms in total. The standard InChI is InChI=1S/C15H18N4O2S/c1-10-9-13(18-14(16-10)22-4)17-11-5-7-12(8-6-11)21-15(20)19(2)3/h5-9H,1-4H3,(H,16,17,18). The van der Waals surface area contributed by atoms with Crippen molar-refractivity contribution in [3.63, 3.8) is 0 Å². The highest BCUT2D eigenvalue weighted by atomic mass is 32.2. The summed E-state index contributed by atoms with van der Waals surface area (Å²) >= 11 is 1.50. The fraction of sp³-hybridized carbons (Fsp3) is 0.267. The predicted molar refractivity (Wildman–Crippen MR) is 88.0 cm³/mol. The summed E-state index contributed by atoms with van der Waals surface area (Å²) in [5, 5.41) is 3.93. The first-order valence-corrected chi connectivity index (χ1v) is 7.86. The van der Waals surface area contributed by atoms with Crippen LogP contribution in [0.15, 0.2) is 35.5 Å². The van der Waals surface area contributed by atoms with Crippen molar-refractivity contribution in [2.45, 2.75) is 12.1 Å². The summed E-state index contributed by atoms with van der Waals surface area (Å²) in [6.45, 7) is 1.93. The van der Waals surface area contributed by atoms with Crippen LogP contribution in [0, 0.1) is 6.92 Å². The number of nitrogens with one attached hydrogen (secondary N) is 1. The van der Waals surface area contributed by atoms with Crippen LogP contribution in [-0.4, -0.2) is 41.3 Å². The molecule has 0 bridgehead atoms. The van der Waals surface area contributed by atoms with Crippen LogP contribution in [0.3, 0.4) is 0 Å². The van der Waals surface area contributed by atoms with Gasteiger partial charge >= 0.3 is 6.09 Å². The van der Waals surface area contributed by atoms with E-state index in [-0.39, 0.29) is 0 Å². The number of nitrogens with zero attached hydrogens (tertiary/aromatic N) is 3. The first-order chi connectivity index (χ1) is 10.5. The predicted octanol–water partition coefficient (Wildman–Crippen LogP) is 3.31. The van der Waals surface area contributed by atoms with Crippen molar-refractivity contribution >= 4 is 29.4 Å². The van der Waals surface area contributed by atoms with E-state index in [0.717, 1.165) is 22.4 Å². The minimum absolute atomic E-state index is 0.406. The summed E-state index contributed by atoms with van der Waals surface area (Å²) < 4.78 is 5.17. The van der Waals surface area contributed by atoms with Crippen molar-refractivity contribution in [2.24, 2.45) is 0 Å². The normalized spacial score (nSPS) is 10.2. The third-order valence-corrected chi connectivity index (χ3v) is 3.26. The molecule has 0 fully saturated rings. The number of rotatable bonds is 4. The van der Waals surface area contributed by atoms with E-state index >= 15 is 0 Å². The molecular formula is C15H18N4O2S. The van der Waals surface area contributed by atoms with Gasteiger partial charge in [0, 0.05) is 31.5 Å². The summed E-state index contributed by atoms with van der Waals surface area (Å²) in [7, 11) is 3.28. The molecule has 0 radical (unpaired) electrons. The monoisotopic (exact) mass is 318 g/mol. The van der Waals surface area contributed by atoms with Gasteiger partial charge in [0.25, 0.3) is 0 Å². The van der Waals surface area contributed by atoms with Gasteiger partial charge in [0.2, 0.25) is 0 Å². The van der Waals surface area contributed by atoms with Gasteiger partial charge in [-0.2, -0.15) is 0 Å². The molecule has 0 aliphatic heterocycles. The average molecular weight is 318 g/mol. The molecule has 1 aromatic carbocycles. The number of amides is 1. The molecule has 2 rings (SSSR count). The van der Waals surface area contributed by atoms with E-state index in [1.165, 1.54) is 16.7 Å². The van der Waals surface area contributed by atoms with Gasteiger partial charge in [-0.3, -0.25) is 0 Å². The largest absolute Gasteiger partial charge is 0.414 e. The molecule has 1 heterocycles. The Morgan fingerprint density at radius 2 is 1.91 bits per heavy atom. The third kappa shape index (κ3) is 4.36. The molecule has 0 unspecified atom stereocenters. The lowest BCUT2D eigenvalue weighted by Crippen LogP contribution is -2.25. The molecule has 0 atom stereocenters. The number of hydrogen-bond acceptors (Lipinski definition) is 6. The lowest BCUT2D eigenvalue weighted by Gasteiger charge is -2.11. The Morgan fingerprint density at radius 1 is 1.23 bits per heavy atom. The zero-order chi connectivity index (χ0) is 16.1. The minimum Gasteiger partial charge on any atom is -0.410 e. The van der Waals surface area contributed by atoms with Gasteiger partial charge in [0.05, 0.1) is 0 Å². The fourth-order valence-electron chi connectivity index (χ4n) is 1.64. The molecule has 0 saturated carbocycles. The van der Waals surface area contributed by atoms with Gasteiger partial charge in [-0.25, -0.2) is 14.8 Å². The van der Waals surface area contributed by atoms with Crippen LogP contribution in [0.5, 0.6) is 5.75 Å². The van der Waals surface area contributed by atoms with Gasteiger partial charge in [0.1, 0.15) is 11.6 Å². The molecule has 7 heteroatoms. The number of carbonyl (C=O) groups is 1. The number of anilines is 2. The average Bonchev–Trinajstić information content (AvgIpc) is 2.48. The molecule has 0 aliphatic rings. The van der Waals surface area contributed by atoms with E-state index in [4.69, 9.17) is 4.74 Å². The second-order valence-corrected chi connectivity index (χ2v) is 5.57. The number of thioether (sulfide) groups is 1. The van der Waals surface area contributed by atoms with Crippen LogP contribution < -0.4 is 10.1 Å². The van der Waals surface area contributed by atoms with Gasteiger partial charge in [-0.05, 0) is 37.4 Å². The zero-order valence-corrected chi connectivity index (χ0v) is 13.8. The molecule has 0 aliphatic carbocycles. The van der Waals surface area contributed by atoms with Crippen molar-refractivity contribution in [1.29, 1.82) is 0 Å². The summed E-state index contributed by atoms with van der Waals surface area (Å²) in [6, 6.07) is 8.99. The Balaban J connectivity index is 2.08. The maximum absolute atomic E-state index is 11.5. The van der Waals surface area contributed by atoms with E-state index in [2.05, 4.69) is 15.3 Å². The SMILES string of the molecule is CSc1nc(C)cc(Nc2ccc(OC(=O)N(C)C)cc2)n1. The van der Waals surface area contributed by atoms with Crippen LogP contribution in [0.2, 0.25) is 0 Å². The Hall–Kier alpha value is -2.28. The Labute approximate surface area is 133 Å². The highest BCUT2D eigenvalue weighted by molar-refractivity contribution is 7.98. The molecule has 1 amide bonds. The molecule has 116 valence electrons. The van der Waals surface area contributed by atoms with Gasteiger partial charge in [-0.15, -0.1) is 0 Å². The summed E-state index contributed by atoms with van der Waals surface area (Å²) in [4.78, 5) is 21.5. The van der Waals surface area contributed by atoms with E-state index in [1.807, 2.05) is 31.4 Å². The van der Waals surface area contributed by atoms with Crippen molar-refractivity contribution in [3.8, 4) is 5.75 Å². The molecule has 22 heavy (non-hydrogen) atoms. The van der Waals surface area contributed by atoms with E-state index in [0.29, 0.717) is 5.75 Å². The second-order valence-electron chi connectivity index (χ2n) is 4.79. The Kier molecular flexibility index (Phi) is 5.21. The van der Waals surface area contributed by atoms with Gasteiger partial charge in [0.15, 0.2) is 5.16 Å². The van der Waals surface area contributed by atoms with Crippen LogP contribution in [0.25, 0.3) is 0 Å². The number of aryl methyl sites for hydroxylation is 1. The Morgan fingerprint density at radius 3 is 2.50 bits per heavy atom. The third-order valence-electron chi connectivity index (χ3n) is 2.71. The number of benzene rings is 1. The molecule has 1 aromatic heterocycles. The van der Waals surface area contributed by atoms with Crippen molar-refractivity contribution < 1.29 is 9.53 Å². The highest BCUT2D eigenvalue weighted by Crippen LogP contribution is 2.21. The first kappa shape index (κ1) is 16.1. The number of hydrogen-bond donors (Lipinski definition) is 1. The smallest absolute Gasteiger partial charge is 0.410 e. The maximum Gasteiger partial charge on any atom is 0.414 e. The Bertz CT molecular complexity index is 659. The van der Waals surface area contributed by atoms with Gasteiger partial charge < -0.3 is 15.0 Å². The number of carbonyl (C=O) groups excluding carboxylic acids is 1. The minimum atomic E-state index is -0.406. The zero-order valence-electron chi connectivity index (χ0n) is 13.0. The van der Waals surface area contributed by atoms with E-state index < -0.39 is 6.09 Å². The molecule has 2 aromatic rings. The lowest BCUT2D eigenvalue weighted by atomic mass is 10.3. The van der Waals surface area contributed by atoms with Crippen LogP contribution in [-0.2, 0) is 0 Å². The summed E-state index contributed by atoms with van der Waals surface area (Å²) in [5.41, 5.74) is 1.76. The maximum atomic E-state index is 11.5. The highest BCUT2D eigenvalue weighted by Gasteiger charge is 2.07. The molecule has 0 saturated heterocycles. The van der Waals surface area contributed by atoms with Crippen molar-refractivity contribution in [3.05, 3.63) is 36.0 Å². The van der Waals surface area contributed by atoms with E-state index in [1.54, 1.807) is 26.2 Å². The summed E-state index contributed by atoms with van der Waals surface area (Å²) in [5.74, 6) is 1.22. The van der Waals surface area contributed by atoms with Gasteiger partial charge in [-0.1, -0.05) is 11.8 Å². The second kappa shape index (κ2) is 7.13. The topological polar surface area (TPSA) is 67.4 Å². The number of ether oxygens (including phenoxy) is 1. The first-order valence-electron chi connectivity index (χ1n) is 6.64. The van der Waals surface area contributed by atoms with Crippen LogP contribution in [0.4, 0.5) is 16.3 Å². The molecule has 1 N–H and O–H groups in total. The molecule has 0 spiro atoms. The van der Waals surface area contributed by atoms with Crippen LogP contribution >= 0.6 is 11.8 Å². The van der Waals surface area contributed by atoms with E-state index in [9.17, 15) is 4.79 Å².